The number of carbonyl (C=O) groups excluding carboxylic acids is 2. The monoisotopic (exact) mass is 330 g/mol. The molecule has 0 aliphatic rings. The van der Waals surface area contributed by atoms with Gasteiger partial charge in [-0.2, -0.15) is 0 Å². The molecule has 7 nitrogen and oxygen atoms in total. The molecule has 0 bridgehead atoms. The molecule has 0 atom stereocenters. The highest BCUT2D eigenvalue weighted by molar-refractivity contribution is 9.10. The molecule has 0 saturated carbocycles. The number of amides is 2. The number of esters is 1. The second kappa shape index (κ2) is 6.74. The summed E-state index contributed by atoms with van der Waals surface area (Å²) < 4.78 is 4.92. The van der Waals surface area contributed by atoms with Crippen molar-refractivity contribution in [2.45, 2.75) is 0 Å². The Bertz CT molecular complexity index is 518. The summed E-state index contributed by atoms with van der Waals surface area (Å²) in [6.07, 6.45) is 0. The van der Waals surface area contributed by atoms with E-state index in [1.165, 1.54) is 19.2 Å². The quantitative estimate of drug-likeness (QED) is 0.724. The van der Waals surface area contributed by atoms with E-state index >= 15 is 0 Å². The molecule has 1 rings (SSSR count). The van der Waals surface area contributed by atoms with Crippen LogP contribution in [0.15, 0.2) is 22.7 Å². The number of methoxy groups -OCH3 is 1. The van der Waals surface area contributed by atoms with Crippen molar-refractivity contribution in [3.63, 3.8) is 0 Å². The van der Waals surface area contributed by atoms with Crippen LogP contribution >= 0.6 is 15.9 Å². The number of hydrogen-bond acceptors (Lipinski definition) is 4. The highest BCUT2D eigenvalue weighted by atomic mass is 79.9. The Balaban J connectivity index is 2.74. The van der Waals surface area contributed by atoms with Crippen LogP contribution in [0, 0.1) is 0 Å². The molecule has 3 N–H and O–H groups in total. The standard InChI is InChI=1S/C11H11BrN2O5/c1-19-9(15)5-13-11(18)14-8-3-2-6(12)4-7(8)10(16)17/h2-4H,5H2,1H3,(H,16,17)(H2,13,14,18). The normalized spacial score (nSPS) is 9.58. The molecule has 0 fully saturated rings. The molecule has 0 aromatic heterocycles. The largest absolute Gasteiger partial charge is 0.478 e. The predicted octanol–water partition coefficient (Wildman–Crippen LogP) is 1.44. The van der Waals surface area contributed by atoms with Crippen LogP contribution in [0.1, 0.15) is 10.4 Å². The van der Waals surface area contributed by atoms with E-state index in [0.29, 0.717) is 4.47 Å². The third-order valence-corrected chi connectivity index (χ3v) is 2.57. The number of urea groups is 1. The number of rotatable bonds is 4. The van der Waals surface area contributed by atoms with Crippen molar-refractivity contribution in [1.29, 1.82) is 0 Å². The summed E-state index contributed by atoms with van der Waals surface area (Å²) >= 11 is 3.14. The number of hydrogen-bond donors (Lipinski definition) is 3. The summed E-state index contributed by atoms with van der Waals surface area (Å²) in [5.74, 6) is -1.78. The van der Waals surface area contributed by atoms with E-state index in [1.54, 1.807) is 6.07 Å². The number of anilines is 1. The van der Waals surface area contributed by atoms with Crippen LogP contribution in [-0.2, 0) is 9.53 Å². The van der Waals surface area contributed by atoms with Gasteiger partial charge in [-0.3, -0.25) is 4.79 Å². The van der Waals surface area contributed by atoms with E-state index in [-0.39, 0.29) is 17.8 Å². The van der Waals surface area contributed by atoms with Crippen molar-refractivity contribution in [1.82, 2.24) is 5.32 Å². The molecule has 0 aliphatic heterocycles. The second-order valence-electron chi connectivity index (χ2n) is 3.38. The van der Waals surface area contributed by atoms with Gasteiger partial charge in [0.15, 0.2) is 0 Å². The lowest BCUT2D eigenvalue weighted by atomic mass is 10.2. The number of carboxylic acids is 1. The van der Waals surface area contributed by atoms with Crippen LogP contribution in [0.3, 0.4) is 0 Å². The molecular weight excluding hydrogens is 320 g/mol. The zero-order valence-corrected chi connectivity index (χ0v) is 11.5. The van der Waals surface area contributed by atoms with Crippen LogP contribution in [0.4, 0.5) is 10.5 Å². The van der Waals surface area contributed by atoms with Crippen LogP contribution in [0.5, 0.6) is 0 Å². The number of carbonyl (C=O) groups is 3. The first kappa shape index (κ1) is 15.0. The minimum atomic E-state index is -1.18. The van der Waals surface area contributed by atoms with Gasteiger partial charge in [0.25, 0.3) is 0 Å². The van der Waals surface area contributed by atoms with Gasteiger partial charge in [0.1, 0.15) is 6.54 Å². The highest BCUT2D eigenvalue weighted by Gasteiger charge is 2.13. The Morgan fingerprint density at radius 3 is 2.63 bits per heavy atom. The maximum atomic E-state index is 11.5. The van der Waals surface area contributed by atoms with Gasteiger partial charge < -0.3 is 20.5 Å². The Labute approximate surface area is 117 Å². The first-order chi connectivity index (χ1) is 8.93. The minimum Gasteiger partial charge on any atom is -0.478 e. The van der Waals surface area contributed by atoms with Crippen LogP contribution in [-0.4, -0.2) is 36.7 Å². The van der Waals surface area contributed by atoms with E-state index in [9.17, 15) is 14.4 Å². The van der Waals surface area contributed by atoms with E-state index in [4.69, 9.17) is 5.11 Å². The first-order valence-electron chi connectivity index (χ1n) is 5.08. The Kier molecular flexibility index (Phi) is 5.31. The lowest BCUT2D eigenvalue weighted by molar-refractivity contribution is -0.139. The minimum absolute atomic E-state index is 0.0670. The smallest absolute Gasteiger partial charge is 0.337 e. The summed E-state index contributed by atoms with van der Waals surface area (Å²) in [6.45, 7) is -0.304. The van der Waals surface area contributed by atoms with Gasteiger partial charge in [0.05, 0.1) is 18.4 Å². The molecule has 0 saturated heterocycles. The fourth-order valence-corrected chi connectivity index (χ4v) is 1.55. The van der Waals surface area contributed by atoms with Crippen molar-refractivity contribution < 1.29 is 24.2 Å². The van der Waals surface area contributed by atoms with Gasteiger partial charge in [-0.25, -0.2) is 9.59 Å². The molecule has 0 spiro atoms. The van der Waals surface area contributed by atoms with Gasteiger partial charge >= 0.3 is 18.0 Å². The molecule has 0 aliphatic carbocycles. The van der Waals surface area contributed by atoms with E-state index < -0.39 is 18.0 Å². The van der Waals surface area contributed by atoms with Gasteiger partial charge in [0, 0.05) is 4.47 Å². The topological polar surface area (TPSA) is 105 Å². The fraction of sp³-hybridized carbons (Fsp3) is 0.182. The summed E-state index contributed by atoms with van der Waals surface area (Å²) in [6, 6.07) is 3.68. The molecule has 102 valence electrons. The average molecular weight is 331 g/mol. The van der Waals surface area contributed by atoms with Crippen LogP contribution < -0.4 is 10.6 Å². The van der Waals surface area contributed by atoms with Gasteiger partial charge in [-0.15, -0.1) is 0 Å². The van der Waals surface area contributed by atoms with E-state index in [0.717, 1.165) is 0 Å². The SMILES string of the molecule is COC(=O)CNC(=O)Nc1ccc(Br)cc1C(=O)O. The van der Waals surface area contributed by atoms with Crippen molar-refractivity contribution >= 4 is 39.6 Å². The molecule has 0 heterocycles. The molecule has 0 radical (unpaired) electrons. The van der Waals surface area contributed by atoms with Gasteiger partial charge in [-0.1, -0.05) is 15.9 Å². The van der Waals surface area contributed by atoms with E-state index in [1.807, 2.05) is 0 Å². The molecule has 1 aromatic rings. The summed E-state index contributed by atoms with van der Waals surface area (Å²) in [5.41, 5.74) is 0.0562. The van der Waals surface area contributed by atoms with Crippen molar-refractivity contribution in [2.24, 2.45) is 0 Å². The third kappa shape index (κ3) is 4.59. The first-order valence-corrected chi connectivity index (χ1v) is 5.88. The van der Waals surface area contributed by atoms with E-state index in [2.05, 4.69) is 31.3 Å². The molecule has 8 heteroatoms. The van der Waals surface area contributed by atoms with Crippen LogP contribution in [0.25, 0.3) is 0 Å². The zero-order chi connectivity index (χ0) is 14.4. The number of aromatic carboxylic acids is 1. The number of ether oxygens (including phenoxy) is 1. The average Bonchev–Trinajstić information content (AvgIpc) is 2.37. The predicted molar refractivity (Wildman–Crippen MR) is 70.1 cm³/mol. The second-order valence-corrected chi connectivity index (χ2v) is 4.29. The Morgan fingerprint density at radius 1 is 1.37 bits per heavy atom. The molecular formula is C11H11BrN2O5. The van der Waals surface area contributed by atoms with Gasteiger partial charge in [0.2, 0.25) is 0 Å². The number of halogens is 1. The lowest BCUT2D eigenvalue weighted by Crippen LogP contribution is -2.34. The lowest BCUT2D eigenvalue weighted by Gasteiger charge is -2.09. The Hall–Kier alpha value is -2.09. The summed E-state index contributed by atoms with van der Waals surface area (Å²) in [4.78, 5) is 33.3. The maximum absolute atomic E-state index is 11.5. The Morgan fingerprint density at radius 2 is 2.05 bits per heavy atom. The molecule has 2 amide bonds. The fourth-order valence-electron chi connectivity index (χ4n) is 1.19. The highest BCUT2D eigenvalue weighted by Crippen LogP contribution is 2.20. The number of carboxylic acid groups (broad SMARTS) is 1. The number of benzene rings is 1. The third-order valence-electron chi connectivity index (χ3n) is 2.08. The van der Waals surface area contributed by atoms with Gasteiger partial charge in [-0.05, 0) is 18.2 Å². The molecule has 0 unspecified atom stereocenters. The summed E-state index contributed by atoms with van der Waals surface area (Å²) in [7, 11) is 1.19. The van der Waals surface area contributed by atoms with Crippen molar-refractivity contribution in [2.75, 3.05) is 19.0 Å². The van der Waals surface area contributed by atoms with Crippen molar-refractivity contribution in [3.05, 3.63) is 28.2 Å². The number of nitrogens with one attached hydrogen (secondary N) is 2. The maximum Gasteiger partial charge on any atom is 0.337 e. The zero-order valence-electron chi connectivity index (χ0n) is 9.90. The molecule has 19 heavy (non-hydrogen) atoms. The van der Waals surface area contributed by atoms with Crippen molar-refractivity contribution in [3.8, 4) is 0 Å². The van der Waals surface area contributed by atoms with Crippen LogP contribution in [0.2, 0.25) is 0 Å². The molecule has 1 aromatic carbocycles. The summed E-state index contributed by atoms with van der Waals surface area (Å²) in [5, 5.41) is 13.6.